The van der Waals surface area contributed by atoms with Crippen LogP contribution in [-0.4, -0.2) is 22.4 Å². The molecule has 2 aromatic rings. The lowest BCUT2D eigenvalue weighted by Crippen LogP contribution is -1.91. The van der Waals surface area contributed by atoms with Crippen molar-refractivity contribution in [3.8, 4) is 11.1 Å². The molecular weight excluding hydrogens is 314 g/mol. The van der Waals surface area contributed by atoms with Crippen molar-refractivity contribution < 1.29 is 22.4 Å². The highest BCUT2D eigenvalue weighted by molar-refractivity contribution is 7.79. The Morgan fingerprint density at radius 2 is 1.68 bits per heavy atom. The highest BCUT2D eigenvalue weighted by Crippen LogP contribution is 2.32. The molecule has 0 unspecified atom stereocenters. The van der Waals surface area contributed by atoms with E-state index >= 15 is 0 Å². The summed E-state index contributed by atoms with van der Waals surface area (Å²) in [7, 11) is -4.92. The minimum atomic E-state index is -4.92. The summed E-state index contributed by atoms with van der Waals surface area (Å²) in [5.41, 5.74) is 1.34. The van der Waals surface area contributed by atoms with Crippen molar-refractivity contribution in [3.63, 3.8) is 0 Å². The van der Waals surface area contributed by atoms with E-state index in [1.807, 2.05) is 18.2 Å². The van der Waals surface area contributed by atoms with E-state index in [1.54, 1.807) is 18.2 Å². The maximum absolute atomic E-state index is 10.9. The maximum Gasteiger partial charge on any atom is 0.391 e. The van der Waals surface area contributed by atoms with E-state index < -0.39 is 15.3 Å². The highest BCUT2D eigenvalue weighted by atomic mass is 32.3. The number of hydrogen-bond acceptors (Lipinski definition) is 6. The lowest BCUT2D eigenvalue weighted by atomic mass is 10.0. The van der Waals surface area contributed by atoms with Crippen LogP contribution in [-0.2, 0) is 10.4 Å². The molecule has 0 amide bonds. The van der Waals surface area contributed by atoms with Crippen LogP contribution in [0.5, 0.6) is 0 Å². The summed E-state index contributed by atoms with van der Waals surface area (Å²) >= 11 is 0. The minimum Gasteiger partial charge on any atom is -0.726 e. The first-order valence-corrected chi connectivity index (χ1v) is 6.96. The number of rotatable bonds is 2. The van der Waals surface area contributed by atoms with Crippen molar-refractivity contribution in [2.75, 3.05) is 0 Å². The fourth-order valence-corrected chi connectivity index (χ4v) is 1.60. The molecule has 0 saturated heterocycles. The van der Waals surface area contributed by atoms with E-state index in [4.69, 9.17) is 22.9 Å². The smallest absolute Gasteiger partial charge is 0.391 e. The van der Waals surface area contributed by atoms with E-state index in [9.17, 15) is 10.1 Å². The van der Waals surface area contributed by atoms with Crippen LogP contribution in [0.15, 0.2) is 48.5 Å². The van der Waals surface area contributed by atoms with Crippen molar-refractivity contribution in [2.24, 2.45) is 0 Å². The van der Waals surface area contributed by atoms with E-state index in [-0.39, 0.29) is 11.4 Å². The van der Waals surface area contributed by atoms with Crippen molar-refractivity contribution in [1.29, 1.82) is 5.39 Å². The van der Waals surface area contributed by atoms with Gasteiger partial charge >= 0.3 is 5.69 Å². The first-order chi connectivity index (χ1) is 10.2. The Morgan fingerprint density at radius 1 is 1.14 bits per heavy atom. The van der Waals surface area contributed by atoms with Gasteiger partial charge in [0.05, 0.1) is 10.5 Å². The zero-order valence-corrected chi connectivity index (χ0v) is 11.7. The van der Waals surface area contributed by atoms with Gasteiger partial charge in [-0.1, -0.05) is 30.3 Å². The fraction of sp³-hybridized carbons (Fsp3) is 0. The average Bonchev–Trinajstić information content (AvgIpc) is 2.45. The van der Waals surface area contributed by atoms with Gasteiger partial charge < -0.3 is 4.55 Å². The van der Waals surface area contributed by atoms with Crippen LogP contribution in [0.25, 0.3) is 16.1 Å². The molecule has 0 aliphatic heterocycles. The number of diazo groups is 1. The molecule has 0 saturated carbocycles. The van der Waals surface area contributed by atoms with Gasteiger partial charge in [-0.3, -0.25) is 14.7 Å². The lowest BCUT2D eigenvalue weighted by molar-refractivity contribution is -0.384. The second kappa shape index (κ2) is 7.23. The highest BCUT2D eigenvalue weighted by Gasteiger charge is 2.20. The van der Waals surface area contributed by atoms with E-state index in [2.05, 4.69) is 4.98 Å². The molecule has 0 aliphatic carbocycles. The van der Waals surface area contributed by atoms with Gasteiger partial charge in [0, 0.05) is 6.07 Å². The Kier molecular flexibility index (Phi) is 5.65. The average molecular weight is 323 g/mol. The van der Waals surface area contributed by atoms with Crippen molar-refractivity contribution >= 4 is 21.8 Å². The van der Waals surface area contributed by atoms with Crippen LogP contribution in [0.1, 0.15) is 0 Å². The topological polar surface area (TPSA) is 149 Å². The maximum atomic E-state index is 10.9. The molecule has 2 rings (SSSR count). The van der Waals surface area contributed by atoms with Crippen LogP contribution in [0.2, 0.25) is 0 Å². The number of nitro groups is 1. The summed E-state index contributed by atoms with van der Waals surface area (Å²) in [6.45, 7) is 0. The first-order valence-electron chi connectivity index (χ1n) is 5.59. The lowest BCUT2D eigenvalue weighted by Gasteiger charge is -2.00. The summed E-state index contributed by atoms with van der Waals surface area (Å²) in [5.74, 6) is 0. The Labute approximate surface area is 125 Å². The van der Waals surface area contributed by atoms with Crippen LogP contribution >= 0.6 is 0 Å². The number of benzene rings is 2. The Bertz CT molecular complexity index is 807. The molecule has 0 atom stereocenters. The monoisotopic (exact) mass is 323 g/mol. The van der Waals surface area contributed by atoms with Gasteiger partial charge in [0.2, 0.25) is 15.8 Å². The Hall–Kier alpha value is -2.87. The zero-order valence-electron chi connectivity index (χ0n) is 10.9. The second-order valence-corrected chi connectivity index (χ2v) is 4.71. The van der Waals surface area contributed by atoms with Crippen LogP contribution in [0.4, 0.5) is 11.4 Å². The number of nitro benzene ring substituents is 1. The predicted molar refractivity (Wildman–Crippen MR) is 75.6 cm³/mol. The Balaban J connectivity index is 0.000000422. The summed E-state index contributed by atoms with van der Waals surface area (Å²) in [4.78, 5) is 13.4. The molecule has 0 bridgehead atoms. The Morgan fingerprint density at radius 3 is 2.14 bits per heavy atom. The first kappa shape index (κ1) is 17.2. The molecule has 0 radical (unpaired) electrons. The van der Waals surface area contributed by atoms with Crippen molar-refractivity contribution in [3.05, 3.63) is 63.6 Å². The molecule has 0 aromatic heterocycles. The van der Waals surface area contributed by atoms with Crippen molar-refractivity contribution in [2.45, 2.75) is 0 Å². The quantitative estimate of drug-likeness (QED) is 0.293. The standard InChI is InChI=1S/C12H8N3O2.H2O4S/c13-14-10-6-7-11(12(8-10)15(16)17)9-4-2-1-3-5-9;1-5(2,3)4/h1-8H;(H2,1,2,3,4)/q+1;/p-1. The molecule has 0 heterocycles. The molecular formula is C12H9N3O6S. The fourth-order valence-electron chi connectivity index (χ4n) is 1.60. The van der Waals surface area contributed by atoms with Gasteiger partial charge in [0.1, 0.15) is 6.07 Å². The molecule has 1 N–H and O–H groups in total. The van der Waals surface area contributed by atoms with E-state index in [1.165, 1.54) is 12.1 Å². The SMILES string of the molecule is N#[N+]c1ccc(-c2ccccc2)c([N+](=O)[O-])c1.O=S(=O)([O-])O. The zero-order chi connectivity index (χ0) is 16.8. The normalized spacial score (nSPS) is 10.0. The number of nitrogens with zero attached hydrogens (tertiary/aromatic N) is 3. The van der Waals surface area contributed by atoms with Gasteiger partial charge in [-0.05, 0) is 11.6 Å². The van der Waals surface area contributed by atoms with E-state index in [0.717, 1.165) is 5.56 Å². The summed E-state index contributed by atoms with van der Waals surface area (Å²) in [6.07, 6.45) is 0. The van der Waals surface area contributed by atoms with Crippen LogP contribution in [0, 0.1) is 15.5 Å². The molecule has 0 spiro atoms. The molecule has 114 valence electrons. The van der Waals surface area contributed by atoms with Gasteiger partial charge in [-0.25, -0.2) is 8.42 Å². The largest absolute Gasteiger partial charge is 0.726 e. The van der Waals surface area contributed by atoms with Gasteiger partial charge in [-0.2, -0.15) is 0 Å². The molecule has 9 nitrogen and oxygen atoms in total. The van der Waals surface area contributed by atoms with Gasteiger partial charge in [0.15, 0.2) is 4.98 Å². The third-order valence-electron chi connectivity index (χ3n) is 2.38. The summed E-state index contributed by atoms with van der Waals surface area (Å²) < 4.78 is 32.8. The second-order valence-electron chi connectivity index (χ2n) is 3.85. The minimum absolute atomic E-state index is 0.0773. The molecule has 0 fully saturated rings. The third-order valence-corrected chi connectivity index (χ3v) is 2.38. The summed E-state index contributed by atoms with van der Waals surface area (Å²) in [5, 5.41) is 19.6. The predicted octanol–water partition coefficient (Wildman–Crippen LogP) is 2.75. The van der Waals surface area contributed by atoms with Crippen LogP contribution in [0.3, 0.4) is 0 Å². The van der Waals surface area contributed by atoms with Gasteiger partial charge in [0.25, 0.3) is 5.69 Å². The van der Waals surface area contributed by atoms with Gasteiger partial charge in [-0.15, -0.1) is 0 Å². The third kappa shape index (κ3) is 5.63. The molecule has 0 aliphatic rings. The number of hydrogen-bond donors (Lipinski definition) is 1. The van der Waals surface area contributed by atoms with E-state index in [0.29, 0.717) is 5.56 Å². The van der Waals surface area contributed by atoms with Crippen molar-refractivity contribution in [1.82, 2.24) is 0 Å². The molecule has 10 heteroatoms. The molecule has 22 heavy (non-hydrogen) atoms. The molecule has 2 aromatic carbocycles. The summed E-state index contributed by atoms with van der Waals surface area (Å²) in [6, 6.07) is 13.4. The van der Waals surface area contributed by atoms with Crippen LogP contribution < -0.4 is 0 Å².